The van der Waals surface area contributed by atoms with Crippen LogP contribution in [0.2, 0.25) is 0 Å². The first-order valence-corrected chi connectivity index (χ1v) is 15.2. The molecular formula is C34H35IO5. The molecule has 4 aromatic carbocycles. The summed E-state index contributed by atoms with van der Waals surface area (Å²) in [5, 5.41) is 0. The van der Waals surface area contributed by atoms with Gasteiger partial charge in [0.15, 0.2) is 6.29 Å². The van der Waals surface area contributed by atoms with Gasteiger partial charge < -0.3 is 23.7 Å². The fourth-order valence-electron chi connectivity index (χ4n) is 4.76. The molecule has 0 aliphatic carbocycles. The van der Waals surface area contributed by atoms with Crippen molar-refractivity contribution in [2.24, 2.45) is 0 Å². The monoisotopic (exact) mass is 650 g/mol. The first-order valence-electron chi connectivity index (χ1n) is 13.6. The summed E-state index contributed by atoms with van der Waals surface area (Å²) in [6.07, 6.45) is -2.13. The topological polar surface area (TPSA) is 46.2 Å². The number of ether oxygens (including phenoxy) is 5. The van der Waals surface area contributed by atoms with Crippen molar-refractivity contribution >= 4 is 22.6 Å². The van der Waals surface area contributed by atoms with Crippen LogP contribution in [0.25, 0.3) is 0 Å². The Morgan fingerprint density at radius 2 is 0.800 bits per heavy atom. The minimum absolute atomic E-state index is 0.234. The van der Waals surface area contributed by atoms with Gasteiger partial charge in [0.1, 0.15) is 18.3 Å². The zero-order chi connectivity index (χ0) is 27.4. The highest BCUT2D eigenvalue weighted by Gasteiger charge is 2.48. The van der Waals surface area contributed by atoms with E-state index in [4.69, 9.17) is 23.7 Å². The molecule has 4 aromatic rings. The van der Waals surface area contributed by atoms with E-state index in [2.05, 4.69) is 59.0 Å². The van der Waals surface area contributed by atoms with Gasteiger partial charge in [-0.1, -0.05) is 144 Å². The Morgan fingerprint density at radius 3 is 1.20 bits per heavy atom. The van der Waals surface area contributed by atoms with Crippen LogP contribution in [0.3, 0.4) is 0 Å². The van der Waals surface area contributed by atoms with E-state index in [0.717, 1.165) is 26.7 Å². The number of hydrogen-bond donors (Lipinski definition) is 0. The molecule has 0 bridgehead atoms. The number of alkyl halides is 1. The SMILES string of the molecule is IC[C@H]1O[C@H](OCc2ccccc2)[C@@H](OCc2ccccc2)[C@@H](OCc2ccccc2)[C@@H]1OCc1ccccc1. The molecule has 6 heteroatoms. The van der Waals surface area contributed by atoms with E-state index in [0.29, 0.717) is 26.4 Å². The van der Waals surface area contributed by atoms with Crippen LogP contribution in [-0.2, 0) is 50.1 Å². The van der Waals surface area contributed by atoms with Gasteiger partial charge in [-0.05, 0) is 22.3 Å². The van der Waals surface area contributed by atoms with Crippen LogP contribution < -0.4 is 0 Å². The minimum atomic E-state index is -0.624. The molecule has 0 unspecified atom stereocenters. The summed E-state index contributed by atoms with van der Waals surface area (Å²) in [5.41, 5.74) is 4.33. The molecule has 0 amide bonds. The zero-order valence-electron chi connectivity index (χ0n) is 22.4. The van der Waals surface area contributed by atoms with Crippen molar-refractivity contribution in [2.45, 2.75) is 57.1 Å². The summed E-state index contributed by atoms with van der Waals surface area (Å²) in [4.78, 5) is 0. The molecule has 5 rings (SSSR count). The molecule has 1 saturated heterocycles. The lowest BCUT2D eigenvalue weighted by Gasteiger charge is -2.45. The average Bonchev–Trinajstić information content (AvgIpc) is 3.03. The second-order valence-corrected chi connectivity index (χ2v) is 10.7. The van der Waals surface area contributed by atoms with Crippen LogP contribution in [0, 0.1) is 0 Å². The van der Waals surface area contributed by atoms with Gasteiger partial charge in [-0.15, -0.1) is 0 Å². The summed E-state index contributed by atoms with van der Waals surface area (Å²) in [7, 11) is 0. The standard InChI is InChI=1S/C34H35IO5/c35-21-30-31(36-22-26-13-5-1-6-14-26)32(37-23-27-15-7-2-8-16-27)33(38-24-28-17-9-3-10-18-28)34(40-30)39-25-29-19-11-4-12-20-29/h1-20,30-34H,21-25H2/t30-,31-,32+,33+,34+/m1/s1. The molecule has 0 aromatic heterocycles. The Hall–Kier alpha value is -2.59. The largest absolute Gasteiger partial charge is 0.368 e. The van der Waals surface area contributed by atoms with Crippen molar-refractivity contribution in [3.8, 4) is 0 Å². The first kappa shape index (κ1) is 28.9. The predicted molar refractivity (Wildman–Crippen MR) is 164 cm³/mol. The predicted octanol–water partition coefficient (Wildman–Crippen LogP) is 7.12. The molecule has 208 valence electrons. The molecule has 0 spiro atoms. The normalized spacial score (nSPS) is 22.7. The highest BCUT2D eigenvalue weighted by molar-refractivity contribution is 14.1. The fraction of sp³-hybridized carbons (Fsp3) is 0.294. The summed E-state index contributed by atoms with van der Waals surface area (Å²) in [6, 6.07) is 40.6. The molecule has 0 radical (unpaired) electrons. The quantitative estimate of drug-likeness (QED) is 0.114. The van der Waals surface area contributed by atoms with Gasteiger partial charge in [-0.25, -0.2) is 0 Å². The Kier molecular flexibility index (Phi) is 11.1. The molecule has 1 fully saturated rings. The Balaban J connectivity index is 1.41. The highest BCUT2D eigenvalue weighted by Crippen LogP contribution is 2.32. The molecular weight excluding hydrogens is 615 g/mol. The van der Waals surface area contributed by atoms with Crippen LogP contribution in [0.5, 0.6) is 0 Å². The van der Waals surface area contributed by atoms with E-state index in [1.807, 2.05) is 84.9 Å². The van der Waals surface area contributed by atoms with Crippen LogP contribution in [0.4, 0.5) is 0 Å². The van der Waals surface area contributed by atoms with Crippen molar-refractivity contribution in [1.82, 2.24) is 0 Å². The first-order chi connectivity index (χ1) is 19.8. The van der Waals surface area contributed by atoms with Gasteiger partial charge in [0.2, 0.25) is 0 Å². The van der Waals surface area contributed by atoms with Crippen LogP contribution in [0.15, 0.2) is 121 Å². The number of benzene rings is 4. The fourth-order valence-corrected chi connectivity index (χ4v) is 5.47. The van der Waals surface area contributed by atoms with Crippen molar-refractivity contribution in [3.05, 3.63) is 144 Å². The Bertz CT molecular complexity index is 1240. The van der Waals surface area contributed by atoms with Gasteiger partial charge in [-0.2, -0.15) is 0 Å². The second-order valence-electron chi connectivity index (χ2n) is 9.78. The highest BCUT2D eigenvalue weighted by atomic mass is 127. The average molecular weight is 651 g/mol. The van der Waals surface area contributed by atoms with Crippen molar-refractivity contribution in [3.63, 3.8) is 0 Å². The molecule has 0 N–H and O–H groups in total. The molecule has 5 atom stereocenters. The van der Waals surface area contributed by atoms with Gasteiger partial charge in [-0.3, -0.25) is 0 Å². The molecule has 0 saturated carbocycles. The molecule has 40 heavy (non-hydrogen) atoms. The van der Waals surface area contributed by atoms with Gasteiger partial charge in [0, 0.05) is 4.43 Å². The number of hydrogen-bond acceptors (Lipinski definition) is 5. The number of rotatable bonds is 13. The van der Waals surface area contributed by atoms with Gasteiger partial charge in [0.25, 0.3) is 0 Å². The van der Waals surface area contributed by atoms with E-state index in [-0.39, 0.29) is 12.2 Å². The Labute approximate surface area is 250 Å². The van der Waals surface area contributed by atoms with Crippen LogP contribution >= 0.6 is 22.6 Å². The molecule has 5 nitrogen and oxygen atoms in total. The van der Waals surface area contributed by atoms with Gasteiger partial charge >= 0.3 is 0 Å². The summed E-state index contributed by atoms with van der Waals surface area (Å²) < 4.78 is 33.6. The maximum atomic E-state index is 6.67. The molecule has 1 aliphatic heterocycles. The van der Waals surface area contributed by atoms with E-state index in [9.17, 15) is 0 Å². The third-order valence-electron chi connectivity index (χ3n) is 6.86. The molecule has 1 heterocycles. The smallest absolute Gasteiger partial charge is 0.187 e. The van der Waals surface area contributed by atoms with E-state index in [1.165, 1.54) is 0 Å². The van der Waals surface area contributed by atoms with Crippen LogP contribution in [-0.4, -0.2) is 35.1 Å². The summed E-state index contributed by atoms with van der Waals surface area (Å²) in [5.74, 6) is 0. The lowest BCUT2D eigenvalue weighted by molar-refractivity contribution is -0.321. The maximum absolute atomic E-state index is 6.67. The van der Waals surface area contributed by atoms with E-state index in [1.54, 1.807) is 0 Å². The zero-order valence-corrected chi connectivity index (χ0v) is 24.5. The lowest BCUT2D eigenvalue weighted by Crippen LogP contribution is -2.61. The van der Waals surface area contributed by atoms with E-state index < -0.39 is 18.5 Å². The van der Waals surface area contributed by atoms with Crippen molar-refractivity contribution < 1.29 is 23.7 Å². The second kappa shape index (κ2) is 15.4. The van der Waals surface area contributed by atoms with Crippen molar-refractivity contribution in [1.29, 1.82) is 0 Å². The van der Waals surface area contributed by atoms with Gasteiger partial charge in [0.05, 0.1) is 32.5 Å². The molecule has 1 aliphatic rings. The maximum Gasteiger partial charge on any atom is 0.187 e. The van der Waals surface area contributed by atoms with Crippen molar-refractivity contribution in [2.75, 3.05) is 4.43 Å². The third kappa shape index (κ3) is 8.22. The summed E-state index contributed by atoms with van der Waals surface area (Å²) >= 11 is 2.36. The number of halogens is 1. The van der Waals surface area contributed by atoms with Crippen LogP contribution in [0.1, 0.15) is 22.3 Å². The minimum Gasteiger partial charge on any atom is -0.368 e. The Morgan fingerprint density at radius 1 is 0.450 bits per heavy atom. The third-order valence-corrected chi connectivity index (χ3v) is 7.72. The van der Waals surface area contributed by atoms with E-state index >= 15 is 0 Å². The summed E-state index contributed by atoms with van der Waals surface area (Å²) in [6.45, 7) is 1.70. The lowest BCUT2D eigenvalue weighted by atomic mass is 9.98.